The lowest BCUT2D eigenvalue weighted by molar-refractivity contribution is 0.395. The number of hydrogen-bond donors (Lipinski definition) is 0. The Balaban J connectivity index is 1.56. The first-order valence-corrected chi connectivity index (χ1v) is 8.67. The van der Waals surface area contributed by atoms with E-state index in [-0.39, 0.29) is 10.6 Å². The van der Waals surface area contributed by atoms with Crippen molar-refractivity contribution in [2.45, 2.75) is 18.9 Å². The van der Waals surface area contributed by atoms with Gasteiger partial charge in [-0.25, -0.2) is 4.98 Å². The molecule has 1 aromatic carbocycles. The summed E-state index contributed by atoms with van der Waals surface area (Å²) in [4.78, 5) is 18.9. The van der Waals surface area contributed by atoms with Crippen molar-refractivity contribution < 1.29 is 0 Å². The van der Waals surface area contributed by atoms with E-state index in [2.05, 4.69) is 19.5 Å². The van der Waals surface area contributed by atoms with Crippen molar-refractivity contribution in [2.24, 2.45) is 0 Å². The smallest absolute Gasteiger partial charge is 0.292 e. The van der Waals surface area contributed by atoms with Crippen molar-refractivity contribution in [3.63, 3.8) is 0 Å². The van der Waals surface area contributed by atoms with Gasteiger partial charge in [0.2, 0.25) is 0 Å². The zero-order valence-corrected chi connectivity index (χ0v) is 14.4. The minimum atomic E-state index is -0.290. The zero-order valence-electron chi connectivity index (χ0n) is 13.6. The van der Waals surface area contributed by atoms with Crippen LogP contribution in [0.3, 0.4) is 0 Å². The predicted molar refractivity (Wildman–Crippen MR) is 97.6 cm³/mol. The van der Waals surface area contributed by atoms with E-state index in [1.165, 1.54) is 4.68 Å². The standard InChI is InChI=1S/C18H18ClN5O/c19-17-16(12-21-24(18(17)25)15-4-2-1-3-5-15)22-9-6-14(7-10-22)23-11-8-20-13-23/h1-5,8,11-14H,6-7,9-10H2. The maximum absolute atomic E-state index is 12.6. The zero-order chi connectivity index (χ0) is 17.2. The second-order valence-electron chi connectivity index (χ2n) is 6.12. The highest BCUT2D eigenvalue weighted by Crippen LogP contribution is 2.29. The summed E-state index contributed by atoms with van der Waals surface area (Å²) in [7, 11) is 0. The Morgan fingerprint density at radius 2 is 1.88 bits per heavy atom. The van der Waals surface area contributed by atoms with E-state index in [9.17, 15) is 4.79 Å². The Morgan fingerprint density at radius 1 is 1.12 bits per heavy atom. The van der Waals surface area contributed by atoms with Crippen molar-refractivity contribution in [1.82, 2.24) is 19.3 Å². The van der Waals surface area contributed by atoms with Gasteiger partial charge >= 0.3 is 0 Å². The van der Waals surface area contributed by atoms with E-state index in [0.29, 0.717) is 17.4 Å². The monoisotopic (exact) mass is 355 g/mol. The summed E-state index contributed by atoms with van der Waals surface area (Å²) in [5.74, 6) is 0. The molecule has 0 atom stereocenters. The van der Waals surface area contributed by atoms with E-state index >= 15 is 0 Å². The van der Waals surface area contributed by atoms with E-state index in [0.717, 1.165) is 25.9 Å². The van der Waals surface area contributed by atoms with Gasteiger partial charge < -0.3 is 9.47 Å². The molecule has 0 amide bonds. The molecule has 1 saturated heterocycles. The molecule has 6 nitrogen and oxygen atoms in total. The first kappa shape index (κ1) is 15.9. The van der Waals surface area contributed by atoms with Gasteiger partial charge in [-0.3, -0.25) is 4.79 Å². The Labute approximate surface area is 150 Å². The van der Waals surface area contributed by atoms with Gasteiger partial charge in [0.25, 0.3) is 5.56 Å². The number of anilines is 1. The number of hydrogen-bond acceptors (Lipinski definition) is 4. The number of piperidine rings is 1. The summed E-state index contributed by atoms with van der Waals surface area (Å²) < 4.78 is 3.48. The van der Waals surface area contributed by atoms with Crippen LogP contribution in [0.25, 0.3) is 5.69 Å². The van der Waals surface area contributed by atoms with Crippen molar-refractivity contribution in [1.29, 1.82) is 0 Å². The normalized spacial score (nSPS) is 15.5. The highest BCUT2D eigenvalue weighted by molar-refractivity contribution is 6.33. The topological polar surface area (TPSA) is 56.0 Å². The van der Waals surface area contributed by atoms with Crippen molar-refractivity contribution in [2.75, 3.05) is 18.0 Å². The molecule has 1 fully saturated rings. The fraction of sp³-hybridized carbons (Fsp3) is 0.278. The molecule has 0 aliphatic carbocycles. The molecule has 2 aromatic heterocycles. The number of imidazole rings is 1. The molecule has 1 aliphatic heterocycles. The average molecular weight is 356 g/mol. The molecule has 0 radical (unpaired) electrons. The van der Waals surface area contributed by atoms with Gasteiger partial charge in [0.15, 0.2) is 0 Å². The Bertz CT molecular complexity index is 899. The summed E-state index contributed by atoms with van der Waals surface area (Å²) in [6, 6.07) is 9.74. The summed E-state index contributed by atoms with van der Waals surface area (Å²) in [6.45, 7) is 1.66. The van der Waals surface area contributed by atoms with Gasteiger partial charge in [0, 0.05) is 31.5 Å². The molecule has 128 valence electrons. The van der Waals surface area contributed by atoms with Crippen molar-refractivity contribution in [3.05, 3.63) is 70.6 Å². The minimum absolute atomic E-state index is 0.222. The second-order valence-corrected chi connectivity index (χ2v) is 6.50. The van der Waals surface area contributed by atoms with Gasteiger partial charge in [-0.05, 0) is 25.0 Å². The third-order valence-corrected chi connectivity index (χ3v) is 5.01. The molecule has 1 aliphatic rings. The van der Waals surface area contributed by atoms with Crippen LogP contribution in [0.5, 0.6) is 0 Å². The molecule has 0 bridgehead atoms. The lowest BCUT2D eigenvalue weighted by Gasteiger charge is -2.34. The van der Waals surface area contributed by atoms with Crippen LogP contribution in [0.2, 0.25) is 5.02 Å². The molecule has 0 unspecified atom stereocenters. The maximum atomic E-state index is 12.6. The second kappa shape index (κ2) is 6.72. The van der Waals surface area contributed by atoms with Crippen LogP contribution in [0.4, 0.5) is 5.69 Å². The molecule has 3 aromatic rings. The Kier molecular flexibility index (Phi) is 4.28. The van der Waals surface area contributed by atoms with Crippen LogP contribution >= 0.6 is 11.6 Å². The van der Waals surface area contributed by atoms with Gasteiger partial charge in [-0.1, -0.05) is 29.8 Å². The molecule has 7 heteroatoms. The Hall–Kier alpha value is -2.60. The van der Waals surface area contributed by atoms with Gasteiger partial charge in [-0.15, -0.1) is 0 Å². The van der Waals surface area contributed by atoms with E-state index in [4.69, 9.17) is 11.6 Å². The van der Waals surface area contributed by atoms with E-state index in [1.807, 2.05) is 42.9 Å². The molecular formula is C18H18ClN5O. The maximum Gasteiger partial charge on any atom is 0.292 e. The number of halogens is 1. The average Bonchev–Trinajstić information content (AvgIpc) is 3.20. The van der Waals surface area contributed by atoms with E-state index < -0.39 is 0 Å². The third-order valence-electron chi connectivity index (χ3n) is 4.65. The molecular weight excluding hydrogens is 338 g/mol. The summed E-state index contributed by atoms with van der Waals surface area (Å²) in [5.41, 5.74) is 1.13. The molecule has 4 rings (SSSR count). The molecule has 25 heavy (non-hydrogen) atoms. The Morgan fingerprint density at radius 3 is 2.56 bits per heavy atom. The van der Waals surface area contributed by atoms with Crippen LogP contribution in [0, 0.1) is 0 Å². The number of aromatic nitrogens is 4. The van der Waals surface area contributed by atoms with Crippen molar-refractivity contribution >= 4 is 17.3 Å². The number of para-hydroxylation sites is 1. The van der Waals surface area contributed by atoms with Crippen LogP contribution < -0.4 is 10.5 Å². The molecule has 0 N–H and O–H groups in total. The fourth-order valence-electron chi connectivity index (χ4n) is 3.29. The number of rotatable bonds is 3. The van der Waals surface area contributed by atoms with E-state index in [1.54, 1.807) is 12.4 Å². The van der Waals surface area contributed by atoms with Crippen LogP contribution in [-0.2, 0) is 0 Å². The molecule has 3 heterocycles. The van der Waals surface area contributed by atoms with Crippen LogP contribution in [-0.4, -0.2) is 32.4 Å². The summed E-state index contributed by atoms with van der Waals surface area (Å²) in [6.07, 6.45) is 9.30. The number of benzene rings is 1. The van der Waals surface area contributed by atoms with Crippen LogP contribution in [0.15, 0.2) is 60.0 Å². The predicted octanol–water partition coefficient (Wildman–Crippen LogP) is 2.92. The van der Waals surface area contributed by atoms with Crippen LogP contribution in [0.1, 0.15) is 18.9 Å². The lowest BCUT2D eigenvalue weighted by Crippen LogP contribution is -2.36. The summed E-state index contributed by atoms with van der Waals surface area (Å²) >= 11 is 6.39. The number of nitrogens with zero attached hydrogens (tertiary/aromatic N) is 5. The SMILES string of the molecule is O=c1c(Cl)c(N2CCC(n3ccnc3)CC2)cnn1-c1ccccc1. The lowest BCUT2D eigenvalue weighted by atomic mass is 10.0. The largest absolute Gasteiger partial charge is 0.369 e. The van der Waals surface area contributed by atoms with Crippen molar-refractivity contribution in [3.8, 4) is 5.69 Å². The molecule has 0 spiro atoms. The first-order valence-electron chi connectivity index (χ1n) is 8.29. The van der Waals surface area contributed by atoms with Gasteiger partial charge in [0.1, 0.15) is 5.02 Å². The highest BCUT2D eigenvalue weighted by atomic mass is 35.5. The first-order chi connectivity index (χ1) is 12.2. The quantitative estimate of drug-likeness (QED) is 0.725. The highest BCUT2D eigenvalue weighted by Gasteiger charge is 2.23. The fourth-order valence-corrected chi connectivity index (χ4v) is 3.54. The molecule has 0 saturated carbocycles. The summed E-state index contributed by atoms with van der Waals surface area (Å²) in [5, 5.41) is 4.54. The third kappa shape index (κ3) is 3.05. The van der Waals surface area contributed by atoms with Gasteiger partial charge in [-0.2, -0.15) is 9.78 Å². The minimum Gasteiger partial charge on any atom is -0.369 e. The van der Waals surface area contributed by atoms with Gasteiger partial charge in [0.05, 0.1) is 23.9 Å².